The Bertz CT molecular complexity index is 83.7. The summed E-state index contributed by atoms with van der Waals surface area (Å²) >= 11 is 0. The molecule has 0 saturated heterocycles. The Balaban J connectivity index is 0. The monoisotopic (exact) mass is 194 g/mol. The van der Waals surface area contributed by atoms with Crippen molar-refractivity contribution >= 4 is 0 Å². The van der Waals surface area contributed by atoms with Crippen LogP contribution >= 0.6 is 0 Å². The van der Waals surface area contributed by atoms with Gasteiger partial charge in [0.2, 0.25) is 0 Å². The lowest BCUT2D eigenvalue weighted by atomic mass is 10.1. The largest absolute Gasteiger partial charge is 0.396 e. The van der Waals surface area contributed by atoms with Gasteiger partial charge in [0.25, 0.3) is 0 Å². The molecule has 0 rings (SSSR count). The van der Waals surface area contributed by atoms with Crippen molar-refractivity contribution in [2.24, 2.45) is 5.92 Å². The van der Waals surface area contributed by atoms with Crippen molar-refractivity contribution in [1.82, 2.24) is 0 Å². The van der Waals surface area contributed by atoms with Gasteiger partial charge >= 0.3 is 0 Å². The van der Waals surface area contributed by atoms with E-state index in [1.807, 2.05) is 13.8 Å². The molecule has 0 amide bonds. The van der Waals surface area contributed by atoms with E-state index in [9.17, 15) is 0 Å². The van der Waals surface area contributed by atoms with Gasteiger partial charge in [-0.1, -0.05) is 13.8 Å². The average Bonchev–Trinajstić information content (AvgIpc) is 2.14. The molecule has 0 fully saturated rings. The topological polar surface area (TPSA) is 80.9 Å². The summed E-state index contributed by atoms with van der Waals surface area (Å²) in [5.74, 6) is 0.173. The third kappa shape index (κ3) is 18.7. The van der Waals surface area contributed by atoms with Crippen LogP contribution < -0.4 is 0 Å². The van der Waals surface area contributed by atoms with Crippen LogP contribution in [0.3, 0.4) is 0 Å². The van der Waals surface area contributed by atoms with E-state index >= 15 is 0 Å². The quantitative estimate of drug-likeness (QED) is 0.468. The lowest BCUT2D eigenvalue weighted by molar-refractivity contribution is -0.0495. The highest BCUT2D eigenvalue weighted by atomic mass is 16.5. The van der Waals surface area contributed by atoms with Crippen LogP contribution in [-0.2, 0) is 0 Å². The van der Waals surface area contributed by atoms with Crippen LogP contribution in [0.2, 0.25) is 0 Å². The van der Waals surface area contributed by atoms with E-state index in [0.717, 1.165) is 6.42 Å². The fourth-order valence-corrected chi connectivity index (χ4v) is 0.525. The molecule has 1 atom stereocenters. The average molecular weight is 194 g/mol. The third-order valence-electron chi connectivity index (χ3n) is 1.45. The molecular weight excluding hydrogens is 172 g/mol. The molecule has 13 heavy (non-hydrogen) atoms. The lowest BCUT2D eigenvalue weighted by Gasteiger charge is -2.07. The van der Waals surface area contributed by atoms with Gasteiger partial charge in [0, 0.05) is 13.2 Å². The summed E-state index contributed by atoms with van der Waals surface area (Å²) in [6, 6.07) is 0. The first-order valence-corrected chi connectivity index (χ1v) is 4.66. The van der Waals surface area contributed by atoms with E-state index < -0.39 is 6.29 Å². The van der Waals surface area contributed by atoms with Gasteiger partial charge in [0.15, 0.2) is 6.29 Å². The van der Waals surface area contributed by atoms with Crippen LogP contribution in [0.15, 0.2) is 0 Å². The summed E-state index contributed by atoms with van der Waals surface area (Å²) in [7, 11) is 0. The highest BCUT2D eigenvalue weighted by Gasteiger charge is 2.02. The second-order valence-electron chi connectivity index (χ2n) is 3.07. The predicted octanol–water partition coefficient (Wildman–Crippen LogP) is 0.0944. The van der Waals surface area contributed by atoms with Gasteiger partial charge < -0.3 is 20.4 Å². The first-order chi connectivity index (χ1) is 6.08. The number of rotatable bonds is 5. The Hall–Kier alpha value is -0.160. The summed E-state index contributed by atoms with van der Waals surface area (Å²) in [5, 5.41) is 33.1. The third-order valence-corrected chi connectivity index (χ3v) is 1.45. The molecule has 0 heterocycles. The molecule has 0 spiro atoms. The van der Waals surface area contributed by atoms with Crippen LogP contribution in [0.5, 0.6) is 0 Å². The molecule has 1 unspecified atom stereocenters. The maximum Gasteiger partial charge on any atom is 0.151 e. The normalized spacial score (nSPS) is 12.2. The second kappa shape index (κ2) is 11.8. The van der Waals surface area contributed by atoms with Crippen LogP contribution in [0.4, 0.5) is 0 Å². The highest BCUT2D eigenvalue weighted by molar-refractivity contribution is 4.50. The molecule has 0 aromatic heterocycles. The zero-order chi connectivity index (χ0) is 10.7. The van der Waals surface area contributed by atoms with Crippen LogP contribution in [0, 0.1) is 5.92 Å². The summed E-state index contributed by atoms with van der Waals surface area (Å²) in [5.41, 5.74) is 0. The van der Waals surface area contributed by atoms with Gasteiger partial charge in [-0.3, -0.25) is 0 Å². The molecule has 4 heteroatoms. The van der Waals surface area contributed by atoms with Crippen molar-refractivity contribution in [1.29, 1.82) is 0 Å². The Morgan fingerprint density at radius 1 is 1.08 bits per heavy atom. The number of hydrogen-bond acceptors (Lipinski definition) is 4. The molecule has 0 radical (unpaired) electrons. The van der Waals surface area contributed by atoms with Gasteiger partial charge in [-0.05, 0) is 25.2 Å². The fourth-order valence-electron chi connectivity index (χ4n) is 0.525. The molecule has 82 valence electrons. The van der Waals surface area contributed by atoms with E-state index in [1.165, 1.54) is 0 Å². The Morgan fingerprint density at radius 3 is 1.77 bits per heavy atom. The predicted molar refractivity (Wildman–Crippen MR) is 51.1 cm³/mol. The minimum atomic E-state index is -1.22. The summed E-state index contributed by atoms with van der Waals surface area (Å²) in [6.45, 7) is 4.23. The van der Waals surface area contributed by atoms with Crippen LogP contribution in [0.25, 0.3) is 0 Å². The van der Waals surface area contributed by atoms with Crippen molar-refractivity contribution in [2.75, 3.05) is 13.2 Å². The summed E-state index contributed by atoms with van der Waals surface area (Å²) in [6.07, 6.45) is 0.662. The lowest BCUT2D eigenvalue weighted by Crippen LogP contribution is -2.08. The summed E-state index contributed by atoms with van der Waals surface area (Å²) < 4.78 is 0. The van der Waals surface area contributed by atoms with Crippen molar-refractivity contribution in [3.05, 3.63) is 0 Å². The van der Waals surface area contributed by atoms with Crippen molar-refractivity contribution in [3.63, 3.8) is 0 Å². The molecule has 0 saturated carbocycles. The number of aliphatic hydroxyl groups excluding tert-OH is 3. The maximum atomic E-state index is 8.48. The van der Waals surface area contributed by atoms with Gasteiger partial charge in [0.1, 0.15) is 0 Å². The highest BCUT2D eigenvalue weighted by Crippen LogP contribution is 2.04. The maximum absolute atomic E-state index is 8.48. The zero-order valence-electron chi connectivity index (χ0n) is 8.48. The minimum absolute atomic E-state index is 0.118. The van der Waals surface area contributed by atoms with Gasteiger partial charge in [0.05, 0.1) is 0 Å². The smallest absolute Gasteiger partial charge is 0.151 e. The number of hydrogen-bond donors (Lipinski definition) is 4. The minimum Gasteiger partial charge on any atom is -0.396 e. The van der Waals surface area contributed by atoms with Gasteiger partial charge in [-0.2, -0.15) is 0 Å². The molecular formula is C9H22O4. The Labute approximate surface area is 79.8 Å². The van der Waals surface area contributed by atoms with E-state index in [1.54, 1.807) is 0 Å². The molecule has 0 aliphatic carbocycles. The van der Waals surface area contributed by atoms with Crippen molar-refractivity contribution in [2.45, 2.75) is 39.4 Å². The van der Waals surface area contributed by atoms with E-state index in [2.05, 4.69) is 0 Å². The molecule has 0 aliphatic heterocycles. The van der Waals surface area contributed by atoms with Crippen LogP contribution in [0.1, 0.15) is 33.1 Å². The summed E-state index contributed by atoms with van der Waals surface area (Å²) in [4.78, 5) is 0. The first kappa shape index (κ1) is 15.3. The van der Waals surface area contributed by atoms with Gasteiger partial charge in [-0.25, -0.2) is 0 Å². The second-order valence-corrected chi connectivity index (χ2v) is 3.07. The van der Waals surface area contributed by atoms with E-state index in [0.29, 0.717) is 19.4 Å². The molecule has 0 bridgehead atoms. The van der Waals surface area contributed by atoms with Gasteiger partial charge in [-0.15, -0.1) is 0 Å². The Morgan fingerprint density at radius 2 is 1.54 bits per heavy atom. The molecule has 4 nitrogen and oxygen atoms in total. The fraction of sp³-hybridized carbons (Fsp3) is 1.00. The standard InChI is InChI=1S/C6H14O3.C3H8O/c1-5(4-7)2-3-6(8)9;1-2-3-4/h5-9H,2-4H2,1H3;4H,2-3H2,1H3. The number of aliphatic hydroxyl groups is 4. The van der Waals surface area contributed by atoms with Crippen molar-refractivity contribution < 1.29 is 20.4 Å². The van der Waals surface area contributed by atoms with Crippen molar-refractivity contribution in [3.8, 4) is 0 Å². The zero-order valence-corrected chi connectivity index (χ0v) is 8.48. The van der Waals surface area contributed by atoms with E-state index in [-0.39, 0.29) is 12.5 Å². The molecule has 4 N–H and O–H groups in total. The molecule has 0 aromatic rings. The SMILES string of the molecule is CC(CO)CCC(O)O.CCCO. The first-order valence-electron chi connectivity index (χ1n) is 4.66. The van der Waals surface area contributed by atoms with Crippen LogP contribution in [-0.4, -0.2) is 39.9 Å². The Kier molecular flexibility index (Phi) is 14.0. The molecule has 0 aliphatic rings. The van der Waals surface area contributed by atoms with E-state index in [4.69, 9.17) is 20.4 Å². The molecule has 0 aromatic carbocycles.